The zero-order chi connectivity index (χ0) is 19.4. The van der Waals surface area contributed by atoms with E-state index in [1.54, 1.807) is 42.5 Å². The monoisotopic (exact) mass is 368 g/mol. The zero-order valence-corrected chi connectivity index (χ0v) is 15.2. The van der Waals surface area contributed by atoms with Crippen LogP contribution in [0.5, 0.6) is 5.75 Å². The molecule has 0 saturated carbocycles. The van der Waals surface area contributed by atoms with Crippen molar-refractivity contribution in [1.29, 1.82) is 0 Å². The topological polar surface area (TPSA) is 58.6 Å². The molecule has 0 aromatic heterocycles. The smallest absolute Gasteiger partial charge is 0.294 e. The number of hydrogen-bond acceptors (Lipinski definition) is 3. The molecule has 6 heteroatoms. The van der Waals surface area contributed by atoms with Crippen molar-refractivity contribution in [2.24, 2.45) is 0 Å². The molecule has 5 nitrogen and oxygen atoms in total. The number of hydrogen-bond donors (Lipinski definition) is 1. The molecule has 0 fully saturated rings. The largest absolute Gasteiger partial charge is 0.449 e. The quantitative estimate of drug-likeness (QED) is 0.822. The van der Waals surface area contributed by atoms with Crippen LogP contribution >= 0.6 is 0 Å². The van der Waals surface area contributed by atoms with Crippen LogP contribution in [-0.4, -0.2) is 24.4 Å². The molecular weight excluding hydrogens is 347 g/mol. The van der Waals surface area contributed by atoms with Crippen LogP contribution in [0.25, 0.3) is 6.08 Å². The lowest BCUT2D eigenvalue weighted by molar-refractivity contribution is -0.123. The minimum absolute atomic E-state index is 0.0114. The van der Waals surface area contributed by atoms with Gasteiger partial charge in [0, 0.05) is 11.6 Å². The van der Waals surface area contributed by atoms with E-state index in [9.17, 15) is 14.0 Å². The normalized spacial score (nSPS) is 15.9. The Labute approximate surface area is 157 Å². The number of halogens is 1. The van der Waals surface area contributed by atoms with Crippen molar-refractivity contribution in [1.82, 2.24) is 5.32 Å². The Balaban J connectivity index is 1.93. The summed E-state index contributed by atoms with van der Waals surface area (Å²) in [6.07, 6.45) is 2.14. The fourth-order valence-corrected chi connectivity index (χ4v) is 2.72. The molecule has 1 atom stereocenters. The molecule has 2 aromatic carbocycles. The number of ether oxygens (including phenoxy) is 1. The molecule has 140 valence electrons. The average molecular weight is 368 g/mol. The van der Waals surface area contributed by atoms with E-state index in [2.05, 4.69) is 5.32 Å². The number of para-hydroxylation sites is 2. The Morgan fingerprint density at radius 3 is 2.67 bits per heavy atom. The number of nitrogens with zero attached hydrogens (tertiary/aromatic N) is 1. The van der Waals surface area contributed by atoms with E-state index in [0.29, 0.717) is 11.4 Å². The van der Waals surface area contributed by atoms with E-state index in [0.717, 1.165) is 6.42 Å². The average Bonchev–Trinajstić information content (AvgIpc) is 2.66. The van der Waals surface area contributed by atoms with Crippen LogP contribution in [-0.2, 0) is 9.59 Å². The molecule has 1 N–H and O–H groups in total. The standard InChI is InChI=1S/C21H21FN2O3/c1-3-14(2)23-20(25)13-24-17-10-6-7-11-18(17)27-19(21(24)26)12-15-8-4-5-9-16(15)22/h4-12,14H,3,13H2,1-2H3,(H,23,25). The van der Waals surface area contributed by atoms with Crippen molar-refractivity contribution >= 4 is 23.6 Å². The van der Waals surface area contributed by atoms with Gasteiger partial charge in [-0.25, -0.2) is 4.39 Å². The van der Waals surface area contributed by atoms with Gasteiger partial charge >= 0.3 is 0 Å². The fourth-order valence-electron chi connectivity index (χ4n) is 2.72. The number of carbonyl (C=O) groups excluding carboxylic acids is 2. The van der Waals surface area contributed by atoms with Crippen LogP contribution in [0.3, 0.4) is 0 Å². The Morgan fingerprint density at radius 1 is 1.22 bits per heavy atom. The van der Waals surface area contributed by atoms with Gasteiger partial charge in [-0.15, -0.1) is 0 Å². The Bertz CT molecular complexity index is 895. The number of nitrogens with one attached hydrogen (secondary N) is 1. The van der Waals surface area contributed by atoms with Crippen molar-refractivity contribution in [2.45, 2.75) is 26.3 Å². The van der Waals surface area contributed by atoms with Gasteiger partial charge in [0.15, 0.2) is 11.5 Å². The number of carbonyl (C=O) groups is 2. The van der Waals surface area contributed by atoms with Gasteiger partial charge in [-0.3, -0.25) is 14.5 Å². The fraction of sp³-hybridized carbons (Fsp3) is 0.238. The highest BCUT2D eigenvalue weighted by atomic mass is 19.1. The third kappa shape index (κ3) is 4.16. The van der Waals surface area contributed by atoms with Gasteiger partial charge in [-0.1, -0.05) is 37.3 Å². The number of rotatable bonds is 5. The first-order valence-corrected chi connectivity index (χ1v) is 8.84. The zero-order valence-electron chi connectivity index (χ0n) is 15.2. The van der Waals surface area contributed by atoms with Gasteiger partial charge in [0.2, 0.25) is 5.91 Å². The van der Waals surface area contributed by atoms with Gasteiger partial charge in [-0.2, -0.15) is 0 Å². The maximum atomic E-state index is 14.0. The lowest BCUT2D eigenvalue weighted by atomic mass is 10.1. The second-order valence-electron chi connectivity index (χ2n) is 6.37. The van der Waals surface area contributed by atoms with Gasteiger partial charge in [0.1, 0.15) is 12.4 Å². The summed E-state index contributed by atoms with van der Waals surface area (Å²) in [6.45, 7) is 3.73. The second kappa shape index (κ2) is 8.03. The maximum Gasteiger partial charge on any atom is 0.294 e. The van der Waals surface area contributed by atoms with E-state index in [4.69, 9.17) is 4.74 Å². The SMILES string of the molecule is CCC(C)NC(=O)CN1C(=O)C(=Cc2ccccc2F)Oc2ccccc21. The molecule has 2 amide bonds. The Hall–Kier alpha value is -3.15. The van der Waals surface area contributed by atoms with Crippen LogP contribution < -0.4 is 15.0 Å². The lowest BCUT2D eigenvalue weighted by Crippen LogP contribution is -2.46. The molecule has 0 bridgehead atoms. The van der Waals surface area contributed by atoms with Crippen LogP contribution in [0.4, 0.5) is 10.1 Å². The van der Waals surface area contributed by atoms with Crippen LogP contribution in [0, 0.1) is 5.82 Å². The molecular formula is C21H21FN2O3. The van der Waals surface area contributed by atoms with Crippen LogP contribution in [0.15, 0.2) is 54.3 Å². The number of benzene rings is 2. The lowest BCUT2D eigenvalue weighted by Gasteiger charge is -2.30. The highest BCUT2D eigenvalue weighted by Gasteiger charge is 2.31. The molecule has 0 spiro atoms. The van der Waals surface area contributed by atoms with Crippen molar-refractivity contribution in [2.75, 3.05) is 11.4 Å². The summed E-state index contributed by atoms with van der Waals surface area (Å²) < 4.78 is 19.7. The summed E-state index contributed by atoms with van der Waals surface area (Å²) in [5, 5.41) is 2.85. The molecule has 1 heterocycles. The van der Waals surface area contributed by atoms with E-state index in [1.165, 1.54) is 17.0 Å². The molecule has 0 saturated heterocycles. The van der Waals surface area contributed by atoms with Gasteiger partial charge in [0.05, 0.1) is 5.69 Å². The van der Waals surface area contributed by atoms with E-state index in [-0.39, 0.29) is 29.8 Å². The predicted octanol–water partition coefficient (Wildman–Crippen LogP) is 3.51. The van der Waals surface area contributed by atoms with E-state index in [1.807, 2.05) is 13.8 Å². The summed E-state index contributed by atoms with van der Waals surface area (Å²) in [4.78, 5) is 26.6. The van der Waals surface area contributed by atoms with Crippen molar-refractivity contribution in [3.8, 4) is 5.75 Å². The first-order valence-electron chi connectivity index (χ1n) is 8.84. The number of anilines is 1. The van der Waals surface area contributed by atoms with Gasteiger partial charge in [-0.05, 0) is 37.6 Å². The highest BCUT2D eigenvalue weighted by Crippen LogP contribution is 2.35. The molecule has 3 rings (SSSR count). The first-order chi connectivity index (χ1) is 13.0. The molecule has 2 aromatic rings. The summed E-state index contributed by atoms with van der Waals surface area (Å²) in [5.74, 6) is -0.802. The van der Waals surface area contributed by atoms with Gasteiger partial charge in [0.25, 0.3) is 5.91 Å². The second-order valence-corrected chi connectivity index (χ2v) is 6.37. The minimum atomic E-state index is -0.490. The number of amides is 2. The molecule has 27 heavy (non-hydrogen) atoms. The summed E-state index contributed by atoms with van der Waals surface area (Å²) in [6, 6.07) is 13.1. The third-order valence-electron chi connectivity index (χ3n) is 4.35. The molecule has 1 unspecified atom stereocenters. The molecule has 1 aliphatic rings. The predicted molar refractivity (Wildman–Crippen MR) is 102 cm³/mol. The van der Waals surface area contributed by atoms with Crippen LogP contribution in [0.1, 0.15) is 25.8 Å². The molecule has 0 aliphatic carbocycles. The first kappa shape index (κ1) is 18.6. The maximum absolute atomic E-state index is 14.0. The Morgan fingerprint density at radius 2 is 1.93 bits per heavy atom. The number of fused-ring (bicyclic) bond motifs is 1. The van der Waals surface area contributed by atoms with E-state index < -0.39 is 11.7 Å². The molecule has 0 radical (unpaired) electrons. The van der Waals surface area contributed by atoms with Crippen molar-refractivity contribution < 1.29 is 18.7 Å². The summed E-state index contributed by atoms with van der Waals surface area (Å²) in [7, 11) is 0. The summed E-state index contributed by atoms with van der Waals surface area (Å²) in [5.41, 5.74) is 0.747. The Kier molecular flexibility index (Phi) is 5.54. The molecule has 1 aliphatic heterocycles. The van der Waals surface area contributed by atoms with Crippen molar-refractivity contribution in [3.63, 3.8) is 0 Å². The highest BCUT2D eigenvalue weighted by molar-refractivity contribution is 6.12. The van der Waals surface area contributed by atoms with Crippen molar-refractivity contribution in [3.05, 3.63) is 65.7 Å². The van der Waals surface area contributed by atoms with E-state index >= 15 is 0 Å². The minimum Gasteiger partial charge on any atom is -0.449 e. The third-order valence-corrected chi connectivity index (χ3v) is 4.35. The van der Waals surface area contributed by atoms with Gasteiger partial charge < -0.3 is 10.1 Å². The van der Waals surface area contributed by atoms with Crippen LogP contribution in [0.2, 0.25) is 0 Å². The summed E-state index contributed by atoms with van der Waals surface area (Å²) >= 11 is 0.